The van der Waals surface area contributed by atoms with E-state index in [2.05, 4.69) is 15.2 Å². The van der Waals surface area contributed by atoms with Gasteiger partial charge in [-0.05, 0) is 31.5 Å². The topological polar surface area (TPSA) is 83.2 Å². The molecule has 0 unspecified atom stereocenters. The van der Waals surface area contributed by atoms with Crippen LogP contribution in [0.4, 0.5) is 5.82 Å². The number of rotatable bonds is 1. The summed E-state index contributed by atoms with van der Waals surface area (Å²) < 4.78 is 11.1. The van der Waals surface area contributed by atoms with Gasteiger partial charge >= 0.3 is 0 Å². The molecule has 0 saturated carbocycles. The molecule has 6 heteroatoms. The van der Waals surface area contributed by atoms with Crippen molar-refractivity contribution in [3.8, 4) is 22.8 Å². The lowest BCUT2D eigenvalue weighted by Gasteiger charge is -2.20. The largest absolute Gasteiger partial charge is 0.486 e. The van der Waals surface area contributed by atoms with E-state index in [9.17, 15) is 0 Å². The van der Waals surface area contributed by atoms with Crippen molar-refractivity contribution in [1.29, 1.82) is 0 Å². The van der Waals surface area contributed by atoms with E-state index in [4.69, 9.17) is 15.2 Å². The van der Waals surface area contributed by atoms with Crippen LogP contribution in [0.3, 0.4) is 0 Å². The van der Waals surface area contributed by atoms with E-state index in [1.165, 1.54) is 0 Å². The first-order chi connectivity index (χ1) is 9.15. The molecule has 0 fully saturated rings. The molecule has 0 aliphatic carbocycles. The van der Waals surface area contributed by atoms with Crippen LogP contribution < -0.4 is 15.2 Å². The number of ether oxygens (including phenoxy) is 2. The van der Waals surface area contributed by atoms with Gasteiger partial charge in [-0.15, -0.1) is 10.2 Å². The SMILES string of the molecule is Cc1nnc(-c2cc3c(cc2C)OCCO3)c(N)n1. The number of aromatic nitrogens is 3. The lowest BCUT2D eigenvalue weighted by molar-refractivity contribution is 0.171. The van der Waals surface area contributed by atoms with Gasteiger partial charge in [0, 0.05) is 5.56 Å². The molecule has 0 saturated heterocycles. The van der Waals surface area contributed by atoms with Gasteiger partial charge in [0.1, 0.15) is 24.7 Å². The first-order valence-electron chi connectivity index (χ1n) is 6.02. The minimum atomic E-state index is 0.368. The van der Waals surface area contributed by atoms with Crippen molar-refractivity contribution in [3.63, 3.8) is 0 Å². The van der Waals surface area contributed by atoms with Gasteiger partial charge < -0.3 is 15.2 Å². The highest BCUT2D eigenvalue weighted by molar-refractivity contribution is 5.74. The van der Waals surface area contributed by atoms with Crippen LogP contribution in [0.25, 0.3) is 11.3 Å². The maximum absolute atomic E-state index is 5.91. The van der Waals surface area contributed by atoms with Crippen LogP contribution in [0.1, 0.15) is 11.4 Å². The lowest BCUT2D eigenvalue weighted by atomic mass is 10.0. The number of hydrogen-bond acceptors (Lipinski definition) is 6. The van der Waals surface area contributed by atoms with Crippen LogP contribution in [-0.2, 0) is 0 Å². The molecule has 2 N–H and O–H groups in total. The van der Waals surface area contributed by atoms with Crippen LogP contribution in [0.15, 0.2) is 12.1 Å². The normalized spacial score (nSPS) is 13.4. The number of nitrogens with two attached hydrogens (primary N) is 1. The van der Waals surface area contributed by atoms with Gasteiger partial charge in [0.05, 0.1) is 0 Å². The van der Waals surface area contributed by atoms with Gasteiger partial charge in [0.25, 0.3) is 0 Å². The van der Waals surface area contributed by atoms with E-state index in [0.29, 0.717) is 36.3 Å². The molecule has 19 heavy (non-hydrogen) atoms. The van der Waals surface area contributed by atoms with Crippen LogP contribution in [0.2, 0.25) is 0 Å². The molecule has 1 aliphatic rings. The smallest absolute Gasteiger partial charge is 0.162 e. The minimum Gasteiger partial charge on any atom is -0.486 e. The van der Waals surface area contributed by atoms with Crippen molar-refractivity contribution in [2.45, 2.75) is 13.8 Å². The molecule has 0 bridgehead atoms. The highest BCUT2D eigenvalue weighted by atomic mass is 16.6. The zero-order valence-corrected chi connectivity index (χ0v) is 10.8. The monoisotopic (exact) mass is 258 g/mol. The Hall–Kier alpha value is -2.37. The molecule has 1 aromatic heterocycles. The summed E-state index contributed by atoms with van der Waals surface area (Å²) >= 11 is 0. The Morgan fingerprint density at radius 3 is 2.42 bits per heavy atom. The molecular formula is C13H14N4O2. The van der Waals surface area contributed by atoms with Gasteiger partial charge in [-0.25, -0.2) is 4.98 Å². The van der Waals surface area contributed by atoms with E-state index in [-0.39, 0.29) is 0 Å². The second kappa shape index (κ2) is 4.38. The Bertz CT molecular complexity index is 643. The zero-order valence-electron chi connectivity index (χ0n) is 10.8. The Kier molecular flexibility index (Phi) is 2.70. The third kappa shape index (κ3) is 2.05. The standard InChI is InChI=1S/C13H14N4O2/c1-7-5-10-11(19-4-3-18-10)6-9(7)12-13(14)15-8(2)16-17-12/h5-6H,3-4H2,1-2H3,(H2,14,15,16). The second-order valence-corrected chi connectivity index (χ2v) is 4.40. The van der Waals surface area contributed by atoms with Gasteiger partial charge in [-0.2, -0.15) is 0 Å². The molecular weight excluding hydrogens is 244 g/mol. The molecule has 98 valence electrons. The summed E-state index contributed by atoms with van der Waals surface area (Å²) in [6.07, 6.45) is 0. The molecule has 0 amide bonds. The Balaban J connectivity index is 2.14. The number of nitrogens with zero attached hydrogens (tertiary/aromatic N) is 3. The number of hydrogen-bond donors (Lipinski definition) is 1. The van der Waals surface area contributed by atoms with E-state index in [1.54, 1.807) is 6.92 Å². The first-order valence-corrected chi connectivity index (χ1v) is 6.02. The third-order valence-electron chi connectivity index (χ3n) is 2.96. The van der Waals surface area contributed by atoms with Crippen LogP contribution in [-0.4, -0.2) is 28.4 Å². The fourth-order valence-corrected chi connectivity index (χ4v) is 2.06. The lowest BCUT2D eigenvalue weighted by Crippen LogP contribution is -2.15. The fourth-order valence-electron chi connectivity index (χ4n) is 2.06. The molecule has 0 atom stereocenters. The molecule has 2 aromatic rings. The van der Waals surface area contributed by atoms with Crippen LogP contribution in [0.5, 0.6) is 11.5 Å². The van der Waals surface area contributed by atoms with Crippen LogP contribution in [0, 0.1) is 13.8 Å². The fraction of sp³-hybridized carbons (Fsp3) is 0.308. The van der Waals surface area contributed by atoms with Gasteiger partial charge in [-0.3, -0.25) is 0 Å². The summed E-state index contributed by atoms with van der Waals surface area (Å²) in [6.45, 7) is 4.83. The highest BCUT2D eigenvalue weighted by Gasteiger charge is 2.17. The first kappa shape index (κ1) is 11.7. The minimum absolute atomic E-state index is 0.368. The van der Waals surface area contributed by atoms with E-state index in [0.717, 1.165) is 16.9 Å². The van der Waals surface area contributed by atoms with E-state index < -0.39 is 0 Å². The van der Waals surface area contributed by atoms with E-state index >= 15 is 0 Å². The number of fused-ring (bicyclic) bond motifs is 1. The van der Waals surface area contributed by atoms with Crippen molar-refractivity contribution in [2.24, 2.45) is 0 Å². The predicted molar refractivity (Wildman–Crippen MR) is 70.1 cm³/mol. The molecule has 0 spiro atoms. The average molecular weight is 258 g/mol. The Morgan fingerprint density at radius 2 is 1.74 bits per heavy atom. The maximum atomic E-state index is 5.91. The van der Waals surface area contributed by atoms with Gasteiger partial charge in [0.2, 0.25) is 0 Å². The number of nitrogen functional groups attached to an aromatic ring is 1. The highest BCUT2D eigenvalue weighted by Crippen LogP contribution is 2.37. The molecule has 1 aromatic carbocycles. The van der Waals surface area contributed by atoms with Gasteiger partial charge in [0.15, 0.2) is 17.3 Å². The summed E-state index contributed by atoms with van der Waals surface area (Å²) in [6, 6.07) is 3.80. The zero-order chi connectivity index (χ0) is 13.4. The quantitative estimate of drug-likeness (QED) is 0.834. The van der Waals surface area contributed by atoms with Crippen molar-refractivity contribution in [1.82, 2.24) is 15.2 Å². The van der Waals surface area contributed by atoms with Gasteiger partial charge in [-0.1, -0.05) is 0 Å². The Labute approximate surface area is 110 Å². The molecule has 0 radical (unpaired) electrons. The van der Waals surface area contributed by atoms with E-state index in [1.807, 2.05) is 19.1 Å². The summed E-state index contributed by atoms with van der Waals surface area (Å²) in [5, 5.41) is 8.08. The summed E-state index contributed by atoms with van der Waals surface area (Å²) in [5.74, 6) is 2.37. The number of anilines is 1. The number of benzene rings is 1. The summed E-state index contributed by atoms with van der Waals surface area (Å²) in [5.41, 5.74) is 8.34. The summed E-state index contributed by atoms with van der Waals surface area (Å²) in [4.78, 5) is 4.14. The molecule has 1 aliphatic heterocycles. The second-order valence-electron chi connectivity index (χ2n) is 4.40. The Morgan fingerprint density at radius 1 is 1.05 bits per heavy atom. The van der Waals surface area contributed by atoms with Crippen molar-refractivity contribution >= 4 is 5.82 Å². The van der Waals surface area contributed by atoms with Crippen molar-refractivity contribution in [2.75, 3.05) is 18.9 Å². The average Bonchev–Trinajstić information content (AvgIpc) is 2.38. The van der Waals surface area contributed by atoms with Crippen LogP contribution >= 0.6 is 0 Å². The predicted octanol–water partition coefficient (Wildman–Crippen LogP) is 1.51. The molecule has 6 nitrogen and oxygen atoms in total. The number of aryl methyl sites for hydroxylation is 2. The third-order valence-corrected chi connectivity index (χ3v) is 2.96. The molecule has 3 rings (SSSR count). The summed E-state index contributed by atoms with van der Waals surface area (Å²) in [7, 11) is 0. The molecule has 2 heterocycles. The maximum Gasteiger partial charge on any atom is 0.162 e. The van der Waals surface area contributed by atoms with Crippen molar-refractivity contribution in [3.05, 3.63) is 23.5 Å². The van der Waals surface area contributed by atoms with Crippen molar-refractivity contribution < 1.29 is 9.47 Å².